The van der Waals surface area contributed by atoms with E-state index in [2.05, 4.69) is 46.6 Å². The average Bonchev–Trinajstić information content (AvgIpc) is 2.72. The second-order valence-electron chi connectivity index (χ2n) is 7.11. The van der Waals surface area contributed by atoms with Crippen molar-refractivity contribution in [2.75, 3.05) is 12.4 Å². The molecule has 0 atom stereocenters. The standard InChI is InChI=1S/C23H26N4O2/c1-15(2)17-9-11-19(12-10-17)26-23-25-16(3)13-20(27-23)22(28)24-14-18-7-5-6-8-21(18)29-4/h5-13,15H,14H2,1-4H3,(H,24,28)(H,25,26,27). The van der Waals surface area contributed by atoms with Crippen LogP contribution < -0.4 is 15.4 Å². The number of para-hydroxylation sites is 1. The lowest BCUT2D eigenvalue weighted by molar-refractivity contribution is 0.0945. The fraction of sp³-hybridized carbons (Fsp3) is 0.261. The molecule has 0 aliphatic carbocycles. The molecule has 0 spiro atoms. The number of nitrogens with one attached hydrogen (secondary N) is 2. The summed E-state index contributed by atoms with van der Waals surface area (Å²) in [5, 5.41) is 6.07. The first-order chi connectivity index (χ1) is 14.0. The van der Waals surface area contributed by atoms with Crippen LogP contribution in [0.1, 0.15) is 47.1 Å². The van der Waals surface area contributed by atoms with Crippen LogP contribution in [0.25, 0.3) is 0 Å². The quantitative estimate of drug-likeness (QED) is 0.617. The maximum Gasteiger partial charge on any atom is 0.270 e. The van der Waals surface area contributed by atoms with Crippen LogP contribution in [0.5, 0.6) is 5.75 Å². The number of nitrogens with zero attached hydrogens (tertiary/aromatic N) is 2. The molecule has 1 amide bonds. The Kier molecular flexibility index (Phi) is 6.44. The first-order valence-electron chi connectivity index (χ1n) is 9.59. The molecule has 0 radical (unpaired) electrons. The largest absolute Gasteiger partial charge is 0.496 e. The van der Waals surface area contributed by atoms with Crippen molar-refractivity contribution in [1.82, 2.24) is 15.3 Å². The molecule has 0 aliphatic rings. The first kappa shape index (κ1) is 20.3. The molecule has 6 heteroatoms. The van der Waals surface area contributed by atoms with Gasteiger partial charge in [0, 0.05) is 23.5 Å². The van der Waals surface area contributed by atoms with Crippen LogP contribution >= 0.6 is 0 Å². The topological polar surface area (TPSA) is 76.1 Å². The number of aromatic nitrogens is 2. The third kappa shape index (κ3) is 5.31. The van der Waals surface area contributed by atoms with Gasteiger partial charge in [-0.3, -0.25) is 4.79 Å². The number of carbonyl (C=O) groups is 1. The van der Waals surface area contributed by atoms with Gasteiger partial charge in [0.25, 0.3) is 5.91 Å². The van der Waals surface area contributed by atoms with Gasteiger partial charge in [-0.2, -0.15) is 0 Å². The van der Waals surface area contributed by atoms with Gasteiger partial charge in [-0.25, -0.2) is 9.97 Å². The SMILES string of the molecule is COc1ccccc1CNC(=O)c1cc(C)nc(Nc2ccc(C(C)C)cc2)n1. The van der Waals surface area contributed by atoms with E-state index in [1.807, 2.05) is 43.3 Å². The second kappa shape index (κ2) is 9.19. The van der Waals surface area contributed by atoms with Crippen LogP contribution in [0.2, 0.25) is 0 Å². The Bertz CT molecular complexity index is 984. The van der Waals surface area contributed by atoms with Crippen molar-refractivity contribution in [3.05, 3.63) is 77.1 Å². The highest BCUT2D eigenvalue weighted by atomic mass is 16.5. The molecule has 3 rings (SSSR count). The molecule has 0 saturated carbocycles. The normalized spacial score (nSPS) is 10.7. The molecule has 0 unspecified atom stereocenters. The van der Waals surface area contributed by atoms with Crippen LogP contribution in [-0.4, -0.2) is 23.0 Å². The van der Waals surface area contributed by atoms with Crippen molar-refractivity contribution < 1.29 is 9.53 Å². The number of methoxy groups -OCH3 is 1. The monoisotopic (exact) mass is 390 g/mol. The summed E-state index contributed by atoms with van der Waals surface area (Å²) in [6.45, 7) is 6.50. The van der Waals surface area contributed by atoms with Crippen LogP contribution in [0.15, 0.2) is 54.6 Å². The van der Waals surface area contributed by atoms with E-state index < -0.39 is 0 Å². The van der Waals surface area contributed by atoms with E-state index >= 15 is 0 Å². The summed E-state index contributed by atoms with van der Waals surface area (Å²) in [7, 11) is 1.61. The number of benzene rings is 2. The Morgan fingerprint density at radius 3 is 2.48 bits per heavy atom. The summed E-state index contributed by atoms with van der Waals surface area (Å²) < 4.78 is 5.32. The highest BCUT2D eigenvalue weighted by Crippen LogP contribution is 2.20. The molecule has 2 N–H and O–H groups in total. The number of anilines is 2. The molecule has 1 aromatic heterocycles. The number of hydrogen-bond donors (Lipinski definition) is 2. The van der Waals surface area contributed by atoms with Gasteiger partial charge in [0.05, 0.1) is 7.11 Å². The van der Waals surface area contributed by atoms with E-state index in [1.165, 1.54) is 5.56 Å². The molecule has 150 valence electrons. The van der Waals surface area contributed by atoms with E-state index in [1.54, 1.807) is 13.2 Å². The van der Waals surface area contributed by atoms with Gasteiger partial charge in [0.15, 0.2) is 0 Å². The molecule has 6 nitrogen and oxygen atoms in total. The molecular weight excluding hydrogens is 364 g/mol. The number of carbonyl (C=O) groups excluding carboxylic acids is 1. The zero-order valence-electron chi connectivity index (χ0n) is 17.2. The molecular formula is C23H26N4O2. The van der Waals surface area contributed by atoms with Crippen molar-refractivity contribution in [2.45, 2.75) is 33.2 Å². The van der Waals surface area contributed by atoms with Crippen LogP contribution in [-0.2, 0) is 6.54 Å². The highest BCUT2D eigenvalue weighted by molar-refractivity contribution is 5.92. The van der Waals surface area contributed by atoms with E-state index in [-0.39, 0.29) is 5.91 Å². The van der Waals surface area contributed by atoms with Gasteiger partial charge in [0.1, 0.15) is 11.4 Å². The van der Waals surface area contributed by atoms with Gasteiger partial charge in [0.2, 0.25) is 5.95 Å². The van der Waals surface area contributed by atoms with Crippen molar-refractivity contribution >= 4 is 17.5 Å². The van der Waals surface area contributed by atoms with Gasteiger partial charge in [-0.1, -0.05) is 44.2 Å². The minimum absolute atomic E-state index is 0.264. The van der Waals surface area contributed by atoms with Crippen molar-refractivity contribution in [2.24, 2.45) is 0 Å². The average molecular weight is 390 g/mol. The van der Waals surface area contributed by atoms with Gasteiger partial charge in [-0.15, -0.1) is 0 Å². The number of amides is 1. The summed E-state index contributed by atoms with van der Waals surface area (Å²) >= 11 is 0. The van der Waals surface area contributed by atoms with Crippen molar-refractivity contribution in [1.29, 1.82) is 0 Å². The summed E-state index contributed by atoms with van der Waals surface area (Å²) in [4.78, 5) is 21.4. The summed E-state index contributed by atoms with van der Waals surface area (Å²) in [5.41, 5.74) is 4.06. The van der Waals surface area contributed by atoms with E-state index in [9.17, 15) is 4.79 Å². The fourth-order valence-corrected chi connectivity index (χ4v) is 2.94. The van der Waals surface area contributed by atoms with Crippen LogP contribution in [0, 0.1) is 6.92 Å². The first-order valence-corrected chi connectivity index (χ1v) is 9.59. The maximum absolute atomic E-state index is 12.6. The number of rotatable bonds is 7. The third-order valence-corrected chi connectivity index (χ3v) is 4.55. The van der Waals surface area contributed by atoms with Gasteiger partial charge in [-0.05, 0) is 42.7 Å². The highest BCUT2D eigenvalue weighted by Gasteiger charge is 2.12. The second-order valence-corrected chi connectivity index (χ2v) is 7.11. The lowest BCUT2D eigenvalue weighted by Gasteiger charge is -2.11. The molecule has 0 saturated heterocycles. The van der Waals surface area contributed by atoms with E-state index in [0.717, 1.165) is 17.0 Å². The van der Waals surface area contributed by atoms with Crippen molar-refractivity contribution in [3.63, 3.8) is 0 Å². The predicted octanol–water partition coefficient (Wildman–Crippen LogP) is 4.59. The predicted molar refractivity (Wildman–Crippen MR) is 115 cm³/mol. The molecule has 3 aromatic rings. The molecule has 1 heterocycles. The number of ether oxygens (including phenoxy) is 1. The third-order valence-electron chi connectivity index (χ3n) is 4.55. The van der Waals surface area contributed by atoms with Crippen LogP contribution in [0.3, 0.4) is 0 Å². The minimum Gasteiger partial charge on any atom is -0.496 e. The fourth-order valence-electron chi connectivity index (χ4n) is 2.94. The van der Waals surface area contributed by atoms with Gasteiger partial charge < -0.3 is 15.4 Å². The molecule has 0 fully saturated rings. The molecule has 29 heavy (non-hydrogen) atoms. The van der Waals surface area contributed by atoms with Crippen molar-refractivity contribution in [3.8, 4) is 5.75 Å². The Morgan fingerprint density at radius 2 is 1.79 bits per heavy atom. The summed E-state index contributed by atoms with van der Waals surface area (Å²) in [6, 6.07) is 17.4. The van der Waals surface area contributed by atoms with E-state index in [4.69, 9.17) is 4.74 Å². The zero-order valence-corrected chi connectivity index (χ0v) is 17.2. The Balaban J connectivity index is 1.71. The van der Waals surface area contributed by atoms with Gasteiger partial charge >= 0.3 is 0 Å². The maximum atomic E-state index is 12.6. The van der Waals surface area contributed by atoms with E-state index in [0.29, 0.717) is 29.8 Å². The Hall–Kier alpha value is -3.41. The Labute approximate surface area is 171 Å². The number of hydrogen-bond acceptors (Lipinski definition) is 5. The molecule has 0 bridgehead atoms. The minimum atomic E-state index is -0.264. The zero-order chi connectivity index (χ0) is 20.8. The lowest BCUT2D eigenvalue weighted by atomic mass is 10.0. The lowest BCUT2D eigenvalue weighted by Crippen LogP contribution is -2.24. The van der Waals surface area contributed by atoms with Crippen LogP contribution in [0.4, 0.5) is 11.6 Å². The summed E-state index contributed by atoms with van der Waals surface area (Å²) in [6.07, 6.45) is 0. The smallest absolute Gasteiger partial charge is 0.270 e. The summed E-state index contributed by atoms with van der Waals surface area (Å²) in [5.74, 6) is 1.33. The Morgan fingerprint density at radius 1 is 1.07 bits per heavy atom. The number of aryl methyl sites for hydroxylation is 1. The molecule has 2 aromatic carbocycles. The molecule has 0 aliphatic heterocycles.